The number of amides is 2. The van der Waals surface area contributed by atoms with Crippen molar-refractivity contribution in [3.63, 3.8) is 0 Å². The van der Waals surface area contributed by atoms with E-state index in [0.717, 1.165) is 25.9 Å². The topological polar surface area (TPSA) is 109 Å². The highest BCUT2D eigenvalue weighted by Gasteiger charge is 2.77. The molecule has 4 heterocycles. The first-order valence-electron chi connectivity index (χ1n) is 14.6. The van der Waals surface area contributed by atoms with Gasteiger partial charge in [0.1, 0.15) is 11.6 Å². The predicted molar refractivity (Wildman–Crippen MR) is 153 cm³/mol. The standard InChI is InChI=1S/C29H44BrN3O7/c1-4-7-8-9-15-39-28(37)22-23-26(35)33(20(6-3)19-34)25(29(23)18-21(30)24(22)40-29)27(36)32(10-5-2)12-11-31-13-16-38-17-14-31/h4-5,20-25,34H,1-2,6-19H2,3H3/t20-,21?,22+,23-,24+,25?,29?/m0/s1. The van der Waals surface area contributed by atoms with Crippen molar-refractivity contribution in [1.29, 1.82) is 0 Å². The van der Waals surface area contributed by atoms with E-state index in [1.165, 1.54) is 4.90 Å². The summed E-state index contributed by atoms with van der Waals surface area (Å²) in [6, 6.07) is -1.53. The number of hydrogen-bond acceptors (Lipinski definition) is 8. The molecular formula is C29H44BrN3O7. The lowest BCUT2D eigenvalue weighted by atomic mass is 9.70. The number of carbonyl (C=O) groups excluding carboxylic acids is 3. The zero-order chi connectivity index (χ0) is 28.9. The van der Waals surface area contributed by atoms with Gasteiger partial charge in [0.15, 0.2) is 0 Å². The minimum absolute atomic E-state index is 0.208. The van der Waals surface area contributed by atoms with Gasteiger partial charge in [0.05, 0.1) is 50.4 Å². The third-order valence-electron chi connectivity index (χ3n) is 8.81. The van der Waals surface area contributed by atoms with Crippen LogP contribution in [0.25, 0.3) is 0 Å². The molecule has 10 nitrogen and oxygen atoms in total. The van der Waals surface area contributed by atoms with E-state index in [2.05, 4.69) is 34.0 Å². The Morgan fingerprint density at radius 2 is 2.02 bits per heavy atom. The number of alkyl halides is 1. The lowest BCUT2D eigenvalue weighted by molar-refractivity contribution is -0.156. The summed E-state index contributed by atoms with van der Waals surface area (Å²) in [6.07, 6.45) is 6.22. The van der Waals surface area contributed by atoms with Crippen LogP contribution in [-0.4, -0.2) is 125 Å². The zero-order valence-corrected chi connectivity index (χ0v) is 25.1. The highest BCUT2D eigenvalue weighted by molar-refractivity contribution is 9.09. The summed E-state index contributed by atoms with van der Waals surface area (Å²) in [4.78, 5) is 47.3. The van der Waals surface area contributed by atoms with Crippen LogP contribution in [0.3, 0.4) is 0 Å². The highest BCUT2D eigenvalue weighted by atomic mass is 79.9. The number of ether oxygens (including phenoxy) is 3. The number of rotatable bonds is 15. The Labute approximate surface area is 245 Å². The van der Waals surface area contributed by atoms with E-state index in [1.807, 2.05) is 13.0 Å². The van der Waals surface area contributed by atoms with Crippen molar-refractivity contribution >= 4 is 33.7 Å². The molecule has 0 radical (unpaired) electrons. The number of carbonyl (C=O) groups is 3. The van der Waals surface area contributed by atoms with Gasteiger partial charge in [-0.15, -0.1) is 13.2 Å². The van der Waals surface area contributed by atoms with Gasteiger partial charge in [0.2, 0.25) is 11.8 Å². The number of aliphatic hydroxyl groups excluding tert-OH is 1. The summed E-state index contributed by atoms with van der Waals surface area (Å²) in [7, 11) is 0. The van der Waals surface area contributed by atoms with E-state index in [0.29, 0.717) is 52.1 Å². The average molecular weight is 627 g/mol. The van der Waals surface area contributed by atoms with E-state index in [-0.39, 0.29) is 29.9 Å². The molecule has 2 amide bonds. The van der Waals surface area contributed by atoms with Gasteiger partial charge < -0.3 is 29.1 Å². The predicted octanol–water partition coefficient (Wildman–Crippen LogP) is 1.75. The molecule has 4 fully saturated rings. The Balaban J connectivity index is 1.61. The molecule has 3 unspecified atom stereocenters. The number of likely N-dealkylation sites (tertiary alicyclic amines) is 1. The van der Waals surface area contributed by atoms with Crippen LogP contribution >= 0.6 is 15.9 Å². The number of nitrogens with zero attached hydrogens (tertiary/aromatic N) is 3. The third-order valence-corrected chi connectivity index (χ3v) is 9.65. The van der Waals surface area contributed by atoms with Crippen molar-refractivity contribution in [2.45, 2.75) is 67.6 Å². The fourth-order valence-electron chi connectivity index (χ4n) is 6.79. The Bertz CT molecular complexity index is 941. The van der Waals surface area contributed by atoms with Gasteiger partial charge in [-0.25, -0.2) is 0 Å². The second-order valence-corrected chi connectivity index (χ2v) is 12.3. The number of hydrogen-bond donors (Lipinski definition) is 1. The summed E-state index contributed by atoms with van der Waals surface area (Å²) >= 11 is 3.69. The van der Waals surface area contributed by atoms with Crippen molar-refractivity contribution in [3.8, 4) is 0 Å². The van der Waals surface area contributed by atoms with Gasteiger partial charge in [0.25, 0.3) is 0 Å². The minimum atomic E-state index is -1.18. The van der Waals surface area contributed by atoms with E-state index in [4.69, 9.17) is 14.2 Å². The molecule has 11 heteroatoms. The molecule has 224 valence electrons. The van der Waals surface area contributed by atoms with E-state index < -0.39 is 41.6 Å². The molecule has 4 rings (SSSR count). The number of morpholine rings is 1. The van der Waals surface area contributed by atoms with Gasteiger partial charge in [-0.1, -0.05) is 35.0 Å². The monoisotopic (exact) mass is 625 g/mol. The number of unbranched alkanes of at least 4 members (excludes halogenated alkanes) is 2. The van der Waals surface area contributed by atoms with E-state index in [1.54, 1.807) is 11.0 Å². The molecule has 0 aromatic heterocycles. The lowest BCUT2D eigenvalue weighted by Crippen LogP contribution is -2.59. The maximum absolute atomic E-state index is 14.4. The van der Waals surface area contributed by atoms with Crippen LogP contribution in [0.2, 0.25) is 0 Å². The summed E-state index contributed by atoms with van der Waals surface area (Å²) in [5, 5.41) is 10.3. The maximum atomic E-state index is 14.4. The molecule has 0 saturated carbocycles. The number of esters is 1. The Kier molecular flexibility index (Phi) is 10.8. The van der Waals surface area contributed by atoms with Crippen LogP contribution in [-0.2, 0) is 28.6 Å². The average Bonchev–Trinajstić information content (AvgIpc) is 3.55. The van der Waals surface area contributed by atoms with E-state index >= 15 is 0 Å². The molecule has 0 aromatic carbocycles. The first kappa shape index (κ1) is 31.2. The number of aliphatic hydroxyl groups is 1. The van der Waals surface area contributed by atoms with E-state index in [9.17, 15) is 19.5 Å². The van der Waals surface area contributed by atoms with Crippen molar-refractivity contribution < 1.29 is 33.7 Å². The van der Waals surface area contributed by atoms with Crippen LogP contribution in [0, 0.1) is 11.8 Å². The van der Waals surface area contributed by atoms with Crippen LogP contribution in [0.1, 0.15) is 39.0 Å². The largest absolute Gasteiger partial charge is 0.465 e. The summed E-state index contributed by atoms with van der Waals surface area (Å²) in [5.41, 5.74) is -1.18. The maximum Gasteiger partial charge on any atom is 0.312 e. The van der Waals surface area contributed by atoms with Gasteiger partial charge in [-0.2, -0.15) is 0 Å². The Morgan fingerprint density at radius 1 is 1.27 bits per heavy atom. The van der Waals surface area contributed by atoms with Crippen molar-refractivity contribution in [1.82, 2.24) is 14.7 Å². The molecular weight excluding hydrogens is 582 g/mol. The molecule has 0 aliphatic carbocycles. The Hall–Kier alpha value is -1.79. The first-order valence-corrected chi connectivity index (χ1v) is 15.5. The molecule has 0 aromatic rings. The highest BCUT2D eigenvalue weighted by Crippen LogP contribution is 2.60. The molecule has 2 bridgehead atoms. The fraction of sp³-hybridized carbons (Fsp3) is 0.759. The third kappa shape index (κ3) is 5.90. The van der Waals surface area contributed by atoms with Crippen LogP contribution in [0.4, 0.5) is 0 Å². The quantitative estimate of drug-likeness (QED) is 0.127. The van der Waals surface area contributed by atoms with Crippen LogP contribution in [0.15, 0.2) is 25.3 Å². The second kappa shape index (κ2) is 13.9. The van der Waals surface area contributed by atoms with Gasteiger partial charge in [0, 0.05) is 37.6 Å². The molecule has 1 spiro atoms. The second-order valence-electron chi connectivity index (χ2n) is 11.1. The molecule has 4 aliphatic rings. The molecule has 4 aliphatic heterocycles. The summed E-state index contributed by atoms with van der Waals surface area (Å²) in [5.74, 6) is -2.68. The Morgan fingerprint density at radius 3 is 2.67 bits per heavy atom. The van der Waals surface area contributed by atoms with Crippen molar-refractivity contribution in [2.75, 3.05) is 59.2 Å². The van der Waals surface area contributed by atoms with Gasteiger partial charge >= 0.3 is 5.97 Å². The molecule has 40 heavy (non-hydrogen) atoms. The van der Waals surface area contributed by atoms with Gasteiger partial charge in [-0.3, -0.25) is 19.3 Å². The van der Waals surface area contributed by atoms with Crippen LogP contribution in [0.5, 0.6) is 0 Å². The first-order chi connectivity index (χ1) is 19.3. The normalized spacial score (nSPS) is 32.1. The zero-order valence-electron chi connectivity index (χ0n) is 23.5. The van der Waals surface area contributed by atoms with Crippen molar-refractivity contribution in [3.05, 3.63) is 25.3 Å². The number of allylic oxidation sites excluding steroid dienone is 1. The summed E-state index contributed by atoms with van der Waals surface area (Å²) in [6.45, 7) is 13.8. The molecule has 7 atom stereocenters. The minimum Gasteiger partial charge on any atom is -0.465 e. The summed E-state index contributed by atoms with van der Waals surface area (Å²) < 4.78 is 17.7. The molecule has 1 N–H and O–H groups in total. The van der Waals surface area contributed by atoms with Gasteiger partial charge in [-0.05, 0) is 32.1 Å². The SMILES string of the molecule is C=CCCCCOC(=O)[C@H]1[C@@H]2OC3(CC2Br)C(C(=O)N(CC=C)CCN2CCOCC2)N([C@@H](CC)CO)C(=O)[C@H]13. The smallest absolute Gasteiger partial charge is 0.312 e. The molecule has 4 saturated heterocycles. The van der Waals surface area contributed by atoms with Crippen molar-refractivity contribution in [2.24, 2.45) is 11.8 Å². The van der Waals surface area contributed by atoms with Crippen LogP contribution < -0.4 is 0 Å². The number of halogens is 1. The number of fused-ring (bicyclic) bond motifs is 1. The lowest BCUT2D eigenvalue weighted by Gasteiger charge is -2.39. The fourth-order valence-corrected chi connectivity index (χ4v) is 7.73.